The second-order valence-corrected chi connectivity index (χ2v) is 3.64. The maximum absolute atomic E-state index is 11.2. The highest BCUT2D eigenvalue weighted by Crippen LogP contribution is 2.15. The molecule has 0 fully saturated rings. The fraction of sp³-hybridized carbons (Fsp3) is 0.154. The molecule has 2 heteroatoms. The molecule has 0 heterocycles. The summed E-state index contributed by atoms with van der Waals surface area (Å²) in [5, 5.41) is 13.5. The van der Waals surface area contributed by atoms with E-state index >= 15 is 0 Å². The molecule has 0 aliphatic heterocycles. The molecular formula is C13H13NO. The number of rotatable bonds is 1. The zero-order chi connectivity index (χ0) is 10.8. The van der Waals surface area contributed by atoms with Gasteiger partial charge in [-0.2, -0.15) is 0 Å². The minimum Gasteiger partial charge on any atom is -0.624 e. The Kier molecular flexibility index (Phi) is 2.42. The van der Waals surface area contributed by atoms with E-state index < -0.39 is 0 Å². The van der Waals surface area contributed by atoms with Crippen LogP contribution in [0.25, 0.3) is 10.8 Å². The third-order valence-electron chi connectivity index (χ3n) is 2.64. The maximum atomic E-state index is 11.2. The van der Waals surface area contributed by atoms with Gasteiger partial charge in [0.1, 0.15) is 7.05 Å². The number of benzene rings is 2. The van der Waals surface area contributed by atoms with Crippen molar-refractivity contribution in [1.29, 1.82) is 0 Å². The predicted molar refractivity (Wildman–Crippen MR) is 63.3 cm³/mol. The van der Waals surface area contributed by atoms with Crippen molar-refractivity contribution >= 4 is 16.5 Å². The normalized spacial score (nSPS) is 12.7. The molecule has 0 bridgehead atoms. The third kappa shape index (κ3) is 1.84. The molecule has 15 heavy (non-hydrogen) atoms. The highest BCUT2D eigenvalue weighted by Gasteiger charge is 2.04. The largest absolute Gasteiger partial charge is 0.624 e. The summed E-state index contributed by atoms with van der Waals surface area (Å²) in [6.45, 7) is 1.83. The fourth-order valence-electron chi connectivity index (χ4n) is 1.60. The summed E-state index contributed by atoms with van der Waals surface area (Å²) >= 11 is 0. The Bertz CT molecular complexity index is 525. The number of fused-ring (bicyclic) bond motifs is 1. The summed E-state index contributed by atoms with van der Waals surface area (Å²) in [4.78, 5) is 0. The fourth-order valence-corrected chi connectivity index (χ4v) is 1.60. The lowest BCUT2D eigenvalue weighted by Crippen LogP contribution is -2.08. The van der Waals surface area contributed by atoms with Crippen molar-refractivity contribution in [2.45, 2.75) is 6.92 Å². The summed E-state index contributed by atoms with van der Waals surface area (Å²) in [6.07, 6.45) is 0. The molecule has 0 unspecified atom stereocenters. The van der Waals surface area contributed by atoms with Gasteiger partial charge in [-0.15, -0.1) is 0 Å². The lowest BCUT2D eigenvalue weighted by molar-refractivity contribution is -0.422. The zero-order valence-electron chi connectivity index (χ0n) is 8.90. The summed E-state index contributed by atoms with van der Waals surface area (Å²) in [5.41, 5.74) is 1.71. The molecule has 0 saturated heterocycles. The van der Waals surface area contributed by atoms with Crippen LogP contribution in [0.3, 0.4) is 0 Å². The Balaban J connectivity index is 2.62. The minimum absolute atomic E-state index is 0.737. The van der Waals surface area contributed by atoms with Gasteiger partial charge < -0.3 is 5.21 Å². The van der Waals surface area contributed by atoms with Gasteiger partial charge in [0.2, 0.25) is 0 Å². The van der Waals surface area contributed by atoms with Crippen LogP contribution in [0, 0.1) is 5.21 Å². The molecule has 0 amide bonds. The lowest BCUT2D eigenvalue weighted by atomic mass is 10.0. The standard InChI is InChI=1S/C13H13NO/c1-10(14(2)15)12-8-7-11-5-3-4-6-13(11)9-12/h3-9H,1-2H3/b14-10-. The molecule has 0 N–H and O–H groups in total. The molecule has 2 aromatic carbocycles. The average Bonchev–Trinajstić information content (AvgIpc) is 2.27. The van der Waals surface area contributed by atoms with E-state index in [4.69, 9.17) is 0 Å². The quantitative estimate of drug-likeness (QED) is 0.300. The van der Waals surface area contributed by atoms with Crippen LogP contribution < -0.4 is 0 Å². The molecule has 2 nitrogen and oxygen atoms in total. The Morgan fingerprint density at radius 1 is 1.07 bits per heavy atom. The molecule has 0 spiro atoms. The van der Waals surface area contributed by atoms with Gasteiger partial charge in [0.15, 0.2) is 5.71 Å². The van der Waals surface area contributed by atoms with Crippen LogP contribution in [0.1, 0.15) is 12.5 Å². The van der Waals surface area contributed by atoms with E-state index in [2.05, 4.69) is 12.1 Å². The highest BCUT2D eigenvalue weighted by atomic mass is 16.5. The zero-order valence-corrected chi connectivity index (χ0v) is 8.90. The smallest absolute Gasteiger partial charge is 0.191 e. The van der Waals surface area contributed by atoms with Gasteiger partial charge >= 0.3 is 0 Å². The van der Waals surface area contributed by atoms with Crippen molar-refractivity contribution in [3.63, 3.8) is 0 Å². The van der Waals surface area contributed by atoms with Crippen molar-refractivity contribution in [1.82, 2.24) is 0 Å². The molecule has 0 aliphatic carbocycles. The van der Waals surface area contributed by atoms with E-state index in [9.17, 15) is 5.21 Å². The van der Waals surface area contributed by atoms with Gasteiger partial charge in [-0.25, -0.2) is 4.74 Å². The van der Waals surface area contributed by atoms with Crippen LogP contribution in [0.4, 0.5) is 0 Å². The minimum atomic E-state index is 0.737. The second kappa shape index (κ2) is 3.73. The van der Waals surface area contributed by atoms with E-state index in [-0.39, 0.29) is 0 Å². The van der Waals surface area contributed by atoms with Crippen LogP contribution in [-0.4, -0.2) is 17.5 Å². The van der Waals surface area contributed by atoms with Crippen molar-refractivity contribution in [3.8, 4) is 0 Å². The van der Waals surface area contributed by atoms with Crippen LogP contribution >= 0.6 is 0 Å². The number of hydrogen-bond acceptors (Lipinski definition) is 1. The molecule has 2 rings (SSSR count). The van der Waals surface area contributed by atoms with Gasteiger partial charge in [-0.1, -0.05) is 30.3 Å². The topological polar surface area (TPSA) is 26.1 Å². The van der Waals surface area contributed by atoms with Gasteiger partial charge in [0.25, 0.3) is 0 Å². The Morgan fingerprint density at radius 2 is 1.73 bits per heavy atom. The van der Waals surface area contributed by atoms with Crippen LogP contribution in [0.5, 0.6) is 0 Å². The maximum Gasteiger partial charge on any atom is 0.191 e. The Morgan fingerprint density at radius 3 is 2.40 bits per heavy atom. The summed E-state index contributed by atoms with van der Waals surface area (Å²) in [7, 11) is 1.52. The molecular weight excluding hydrogens is 186 g/mol. The first kappa shape index (κ1) is 9.71. The predicted octanol–water partition coefficient (Wildman–Crippen LogP) is 2.79. The monoisotopic (exact) mass is 199 g/mol. The van der Waals surface area contributed by atoms with Gasteiger partial charge in [-0.05, 0) is 22.9 Å². The van der Waals surface area contributed by atoms with E-state index in [1.165, 1.54) is 12.4 Å². The SMILES string of the molecule is C/C(c1ccc2ccccc2c1)=[N+](\C)[O-]. The molecule has 0 atom stereocenters. The summed E-state index contributed by atoms with van der Waals surface area (Å²) in [6, 6.07) is 14.2. The van der Waals surface area contributed by atoms with E-state index in [0.29, 0.717) is 0 Å². The highest BCUT2D eigenvalue weighted by molar-refractivity contribution is 5.99. The molecule has 0 aliphatic rings. The second-order valence-electron chi connectivity index (χ2n) is 3.64. The van der Waals surface area contributed by atoms with Gasteiger partial charge in [0, 0.05) is 12.5 Å². The number of hydroxylamine groups is 1. The lowest BCUT2D eigenvalue weighted by Gasteiger charge is -2.04. The molecule has 0 radical (unpaired) electrons. The van der Waals surface area contributed by atoms with Crippen molar-refractivity contribution in [2.24, 2.45) is 0 Å². The van der Waals surface area contributed by atoms with Crippen molar-refractivity contribution in [2.75, 3.05) is 7.05 Å². The van der Waals surface area contributed by atoms with E-state index in [1.54, 1.807) is 0 Å². The first-order valence-electron chi connectivity index (χ1n) is 4.92. The molecule has 2 aromatic rings. The molecule has 0 saturated carbocycles. The Labute approximate surface area is 89.1 Å². The van der Waals surface area contributed by atoms with Gasteiger partial charge in [0.05, 0.1) is 0 Å². The van der Waals surface area contributed by atoms with Crippen molar-refractivity contribution < 1.29 is 4.74 Å². The number of nitrogens with zero attached hydrogens (tertiary/aromatic N) is 1. The third-order valence-corrected chi connectivity index (χ3v) is 2.64. The van der Waals surface area contributed by atoms with Crippen LogP contribution in [0.2, 0.25) is 0 Å². The Hall–Kier alpha value is -1.83. The van der Waals surface area contributed by atoms with Crippen molar-refractivity contribution in [3.05, 3.63) is 53.2 Å². The van der Waals surface area contributed by atoms with E-state index in [0.717, 1.165) is 21.4 Å². The van der Waals surface area contributed by atoms with E-state index in [1.807, 2.05) is 37.3 Å². The van der Waals surface area contributed by atoms with Gasteiger partial charge in [-0.3, -0.25) is 0 Å². The first-order chi connectivity index (χ1) is 7.18. The number of hydrogen-bond donors (Lipinski definition) is 0. The average molecular weight is 199 g/mol. The van der Waals surface area contributed by atoms with Crippen LogP contribution in [-0.2, 0) is 0 Å². The molecule has 76 valence electrons. The van der Waals surface area contributed by atoms with Crippen LogP contribution in [0.15, 0.2) is 42.5 Å². The summed E-state index contributed by atoms with van der Waals surface area (Å²) < 4.78 is 0.893. The summed E-state index contributed by atoms with van der Waals surface area (Å²) in [5.74, 6) is 0. The first-order valence-corrected chi connectivity index (χ1v) is 4.92. The molecule has 0 aromatic heterocycles.